The molecule has 11 heteroatoms. The number of ether oxygens (including phenoxy) is 2. The van der Waals surface area contributed by atoms with Gasteiger partial charge in [-0.05, 0) is 43.3 Å². The van der Waals surface area contributed by atoms with E-state index < -0.39 is 23.0 Å². The van der Waals surface area contributed by atoms with Crippen molar-refractivity contribution in [2.75, 3.05) is 14.2 Å². The molecule has 0 fully saturated rings. The molecule has 0 saturated heterocycles. The van der Waals surface area contributed by atoms with Crippen LogP contribution >= 0.6 is 11.8 Å². The fourth-order valence-electron chi connectivity index (χ4n) is 2.65. The molecule has 2 N–H and O–H groups in total. The van der Waals surface area contributed by atoms with Crippen molar-refractivity contribution in [3.63, 3.8) is 0 Å². The molecule has 3 aromatic rings. The van der Waals surface area contributed by atoms with Crippen LogP contribution in [0.25, 0.3) is 5.69 Å². The van der Waals surface area contributed by atoms with E-state index in [-0.39, 0.29) is 17.5 Å². The van der Waals surface area contributed by atoms with Crippen molar-refractivity contribution in [2.24, 2.45) is 0 Å². The number of benzene rings is 2. The van der Waals surface area contributed by atoms with Gasteiger partial charge in [0.25, 0.3) is 0 Å². The van der Waals surface area contributed by atoms with Crippen molar-refractivity contribution in [1.82, 2.24) is 25.4 Å². The van der Waals surface area contributed by atoms with Gasteiger partial charge in [0.2, 0.25) is 5.91 Å². The summed E-state index contributed by atoms with van der Waals surface area (Å²) in [6.07, 6.45) is 0. The van der Waals surface area contributed by atoms with Crippen LogP contribution in [0.15, 0.2) is 53.7 Å². The highest BCUT2D eigenvalue weighted by atomic mass is 32.2. The number of amides is 3. The fourth-order valence-corrected chi connectivity index (χ4v) is 3.53. The Labute approximate surface area is 188 Å². The van der Waals surface area contributed by atoms with Gasteiger partial charge in [0.1, 0.15) is 23.9 Å². The lowest BCUT2D eigenvalue weighted by Crippen LogP contribution is -2.41. The van der Waals surface area contributed by atoms with E-state index in [4.69, 9.17) is 9.47 Å². The molecule has 0 spiro atoms. The highest BCUT2D eigenvalue weighted by Crippen LogP contribution is 2.28. The number of methoxy groups -OCH3 is 1. The van der Waals surface area contributed by atoms with E-state index in [0.717, 1.165) is 11.8 Å². The van der Waals surface area contributed by atoms with E-state index in [1.165, 1.54) is 17.7 Å². The van der Waals surface area contributed by atoms with Gasteiger partial charge in [-0.1, -0.05) is 23.9 Å². The van der Waals surface area contributed by atoms with Gasteiger partial charge in [-0.3, -0.25) is 14.7 Å². The van der Waals surface area contributed by atoms with E-state index in [1.54, 1.807) is 56.5 Å². The molecular weight excluding hydrogens is 437 g/mol. The van der Waals surface area contributed by atoms with Gasteiger partial charge in [0.05, 0.1) is 18.0 Å². The van der Waals surface area contributed by atoms with Crippen LogP contribution in [0.1, 0.15) is 12.7 Å². The largest absolute Gasteiger partial charge is 0.497 e. The minimum atomic E-state index is -0.697. The molecule has 1 atom stereocenters. The molecule has 3 rings (SSSR count). The first kappa shape index (κ1) is 23.1. The van der Waals surface area contributed by atoms with Gasteiger partial charge in [0, 0.05) is 7.05 Å². The zero-order chi connectivity index (χ0) is 23.1. The van der Waals surface area contributed by atoms with E-state index in [9.17, 15) is 14.0 Å². The Morgan fingerprint density at radius 3 is 2.47 bits per heavy atom. The van der Waals surface area contributed by atoms with Crippen LogP contribution in [0, 0.1) is 5.82 Å². The number of para-hydroxylation sites is 1. The van der Waals surface area contributed by atoms with Crippen LogP contribution in [0.5, 0.6) is 11.5 Å². The van der Waals surface area contributed by atoms with Crippen LogP contribution in [-0.4, -0.2) is 46.1 Å². The second-order valence-corrected chi connectivity index (χ2v) is 7.79. The second-order valence-electron chi connectivity index (χ2n) is 6.48. The first-order valence-electron chi connectivity index (χ1n) is 9.58. The number of imide groups is 1. The third-order valence-corrected chi connectivity index (χ3v) is 5.38. The maximum atomic E-state index is 14.6. The van der Waals surface area contributed by atoms with Gasteiger partial charge < -0.3 is 14.8 Å². The quantitative estimate of drug-likeness (QED) is 0.499. The lowest BCUT2D eigenvalue weighted by molar-refractivity contribution is -0.119. The molecule has 1 heterocycles. The molecule has 0 aliphatic rings. The maximum Gasteiger partial charge on any atom is 0.321 e. The molecule has 0 bridgehead atoms. The van der Waals surface area contributed by atoms with Gasteiger partial charge in [-0.25, -0.2) is 9.18 Å². The molecule has 1 unspecified atom stereocenters. The summed E-state index contributed by atoms with van der Waals surface area (Å²) in [6.45, 7) is 1.61. The van der Waals surface area contributed by atoms with Crippen molar-refractivity contribution in [2.45, 2.75) is 23.9 Å². The SMILES string of the molecule is CNC(=O)NC(=O)C(C)Sc1nnc(COc2ccc(OC)cc2)n1-c1ccccc1F. The third-order valence-electron chi connectivity index (χ3n) is 4.34. The number of aromatic nitrogens is 3. The number of thioether (sulfide) groups is 1. The van der Waals surface area contributed by atoms with Gasteiger partial charge >= 0.3 is 6.03 Å². The van der Waals surface area contributed by atoms with E-state index in [0.29, 0.717) is 17.3 Å². The summed E-state index contributed by atoms with van der Waals surface area (Å²) in [4.78, 5) is 23.7. The first-order valence-corrected chi connectivity index (χ1v) is 10.5. The predicted molar refractivity (Wildman–Crippen MR) is 117 cm³/mol. The average molecular weight is 460 g/mol. The lowest BCUT2D eigenvalue weighted by atomic mass is 10.3. The van der Waals surface area contributed by atoms with Gasteiger partial charge in [-0.2, -0.15) is 0 Å². The van der Waals surface area contributed by atoms with Crippen molar-refractivity contribution in [3.05, 3.63) is 60.2 Å². The van der Waals surface area contributed by atoms with Crippen LogP contribution in [-0.2, 0) is 11.4 Å². The number of urea groups is 1. The molecule has 9 nitrogen and oxygen atoms in total. The molecule has 0 aliphatic heterocycles. The Bertz CT molecular complexity index is 1090. The Morgan fingerprint density at radius 2 is 1.81 bits per heavy atom. The van der Waals surface area contributed by atoms with Crippen LogP contribution < -0.4 is 20.1 Å². The Morgan fingerprint density at radius 1 is 1.12 bits per heavy atom. The minimum Gasteiger partial charge on any atom is -0.497 e. The smallest absolute Gasteiger partial charge is 0.321 e. The standard InChI is InChI=1S/C21H22FN5O4S/c1-13(19(28)24-20(29)23-2)32-21-26-25-18(27(21)17-7-5-4-6-16(17)22)12-31-15-10-8-14(30-3)9-11-15/h4-11,13H,12H2,1-3H3,(H2,23,24,28,29). The summed E-state index contributed by atoms with van der Waals surface area (Å²) in [5.41, 5.74) is 0.215. The zero-order valence-electron chi connectivity index (χ0n) is 17.7. The number of rotatable bonds is 8. The van der Waals surface area contributed by atoms with Crippen LogP contribution in [0.4, 0.5) is 9.18 Å². The number of halogens is 1. The minimum absolute atomic E-state index is 0.00699. The van der Waals surface area contributed by atoms with Crippen molar-refractivity contribution < 1.29 is 23.5 Å². The molecule has 32 heavy (non-hydrogen) atoms. The predicted octanol–water partition coefficient (Wildman–Crippen LogP) is 2.93. The Hall–Kier alpha value is -3.60. The van der Waals surface area contributed by atoms with Crippen LogP contribution in [0.3, 0.4) is 0 Å². The monoisotopic (exact) mass is 459 g/mol. The summed E-state index contributed by atoms with van der Waals surface area (Å²) in [5.74, 6) is 0.596. The molecular formula is C21H22FN5O4S. The summed E-state index contributed by atoms with van der Waals surface area (Å²) in [7, 11) is 2.98. The topological polar surface area (TPSA) is 107 Å². The molecule has 3 amide bonds. The number of carbonyl (C=O) groups excluding carboxylic acids is 2. The Kier molecular flexibility index (Phi) is 7.66. The second kappa shape index (κ2) is 10.6. The van der Waals surface area contributed by atoms with E-state index in [1.807, 2.05) is 0 Å². The molecule has 0 aliphatic carbocycles. The number of hydrogen-bond acceptors (Lipinski definition) is 7. The first-order chi connectivity index (χ1) is 15.4. The summed E-state index contributed by atoms with van der Waals surface area (Å²) >= 11 is 1.04. The van der Waals surface area contributed by atoms with Gasteiger partial charge in [0.15, 0.2) is 11.0 Å². The average Bonchev–Trinajstić information content (AvgIpc) is 3.20. The summed E-state index contributed by atoms with van der Waals surface area (Å²) in [5, 5.41) is 12.4. The highest BCUT2D eigenvalue weighted by Gasteiger charge is 2.23. The third kappa shape index (κ3) is 5.55. The summed E-state index contributed by atoms with van der Waals surface area (Å²) < 4.78 is 27.0. The number of carbonyl (C=O) groups is 2. The van der Waals surface area contributed by atoms with Crippen molar-refractivity contribution in [3.8, 4) is 17.2 Å². The molecule has 2 aromatic carbocycles. The molecule has 0 radical (unpaired) electrons. The van der Waals surface area contributed by atoms with Crippen LogP contribution in [0.2, 0.25) is 0 Å². The number of nitrogens with zero attached hydrogens (tertiary/aromatic N) is 3. The van der Waals surface area contributed by atoms with E-state index >= 15 is 0 Å². The zero-order valence-corrected chi connectivity index (χ0v) is 18.5. The highest BCUT2D eigenvalue weighted by molar-refractivity contribution is 8.00. The van der Waals surface area contributed by atoms with E-state index in [2.05, 4.69) is 20.8 Å². The van der Waals surface area contributed by atoms with Gasteiger partial charge in [-0.15, -0.1) is 10.2 Å². The maximum absolute atomic E-state index is 14.6. The Balaban J connectivity index is 1.85. The normalized spacial score (nSPS) is 11.5. The molecule has 168 valence electrons. The molecule has 0 saturated carbocycles. The summed E-state index contributed by atoms with van der Waals surface area (Å²) in [6, 6.07) is 12.5. The molecule has 1 aromatic heterocycles. The lowest BCUT2D eigenvalue weighted by Gasteiger charge is -2.14. The number of nitrogens with one attached hydrogen (secondary N) is 2. The van der Waals surface area contributed by atoms with Crippen molar-refractivity contribution >= 4 is 23.7 Å². The fraction of sp³-hybridized carbons (Fsp3) is 0.238. The number of hydrogen-bond donors (Lipinski definition) is 2. The van der Waals surface area contributed by atoms with Crippen molar-refractivity contribution in [1.29, 1.82) is 0 Å².